The highest BCUT2D eigenvalue weighted by Crippen LogP contribution is 2.33. The molecule has 0 saturated carbocycles. The summed E-state index contributed by atoms with van der Waals surface area (Å²) in [5.74, 6) is -0.204. The molecule has 0 saturated heterocycles. The third-order valence-electron chi connectivity index (χ3n) is 1.57. The van der Waals surface area contributed by atoms with E-state index in [1.165, 1.54) is 12.1 Å². The normalized spacial score (nSPS) is 12.5. The molecule has 13 heavy (non-hydrogen) atoms. The van der Waals surface area contributed by atoms with Gasteiger partial charge in [0.15, 0.2) is 5.75 Å². The molecular formula is C8H7Cl2NO2. The Bertz CT molecular complexity index is 318. The molecule has 3 nitrogen and oxygen atoms in total. The van der Waals surface area contributed by atoms with Crippen LogP contribution in [0.1, 0.15) is 11.6 Å². The zero-order valence-corrected chi connectivity index (χ0v) is 8.01. The second-order valence-corrected chi connectivity index (χ2v) is 3.31. The van der Waals surface area contributed by atoms with Crippen LogP contribution in [0.4, 0.5) is 0 Å². The predicted molar refractivity (Wildman–Crippen MR) is 51.1 cm³/mol. The van der Waals surface area contributed by atoms with Gasteiger partial charge in [-0.1, -0.05) is 23.2 Å². The van der Waals surface area contributed by atoms with E-state index >= 15 is 0 Å². The summed E-state index contributed by atoms with van der Waals surface area (Å²) in [6.45, 7) is 0. The predicted octanol–water partition coefficient (Wildman–Crippen LogP) is 1.90. The van der Waals surface area contributed by atoms with Crippen LogP contribution in [-0.2, 0) is 4.79 Å². The number of hydrogen-bond donors (Lipinski definition) is 2. The van der Waals surface area contributed by atoms with Crippen molar-refractivity contribution in [3.8, 4) is 5.75 Å². The molecule has 0 aliphatic rings. The number of nitrogens with two attached hydrogens (primary N) is 1. The largest absolute Gasteiger partial charge is 0.505 e. The molecular weight excluding hydrogens is 213 g/mol. The van der Waals surface area contributed by atoms with Gasteiger partial charge in [0.05, 0.1) is 16.1 Å². The van der Waals surface area contributed by atoms with Crippen molar-refractivity contribution >= 4 is 29.5 Å². The number of hydrogen-bond acceptors (Lipinski definition) is 3. The summed E-state index contributed by atoms with van der Waals surface area (Å²) in [5.41, 5.74) is 5.89. The molecule has 0 aliphatic carbocycles. The first-order chi connectivity index (χ1) is 6.06. The average Bonchev–Trinajstić information content (AvgIpc) is 2.12. The Morgan fingerprint density at radius 3 is 2.23 bits per heavy atom. The monoisotopic (exact) mass is 219 g/mol. The summed E-state index contributed by atoms with van der Waals surface area (Å²) in [7, 11) is 0. The molecule has 0 aromatic heterocycles. The van der Waals surface area contributed by atoms with E-state index in [1.54, 1.807) is 0 Å². The lowest BCUT2D eigenvalue weighted by Crippen LogP contribution is -2.11. The molecule has 70 valence electrons. The third kappa shape index (κ3) is 2.12. The van der Waals surface area contributed by atoms with E-state index in [0.717, 1.165) is 0 Å². The van der Waals surface area contributed by atoms with Crippen LogP contribution in [0.25, 0.3) is 0 Å². The standard InChI is InChI=1S/C8H7Cl2NO2/c9-5-1-4(7(11)3-12)2-6(10)8(5)13/h1-3,7,13H,11H2. The molecule has 0 fully saturated rings. The van der Waals surface area contributed by atoms with Crippen molar-refractivity contribution in [1.29, 1.82) is 0 Å². The Morgan fingerprint density at radius 2 is 1.85 bits per heavy atom. The van der Waals surface area contributed by atoms with E-state index in [2.05, 4.69) is 0 Å². The van der Waals surface area contributed by atoms with E-state index in [0.29, 0.717) is 11.8 Å². The van der Waals surface area contributed by atoms with E-state index < -0.39 is 6.04 Å². The zero-order chi connectivity index (χ0) is 10.0. The summed E-state index contributed by atoms with van der Waals surface area (Å²) in [6, 6.07) is 2.04. The molecule has 1 aromatic carbocycles. The fraction of sp³-hybridized carbons (Fsp3) is 0.125. The van der Waals surface area contributed by atoms with Crippen LogP contribution >= 0.6 is 23.2 Å². The second kappa shape index (κ2) is 3.96. The summed E-state index contributed by atoms with van der Waals surface area (Å²) in [5, 5.41) is 9.36. The lowest BCUT2D eigenvalue weighted by atomic mass is 10.1. The van der Waals surface area contributed by atoms with Gasteiger partial charge in [-0.3, -0.25) is 0 Å². The van der Waals surface area contributed by atoms with E-state index in [4.69, 9.17) is 28.9 Å². The number of benzene rings is 1. The van der Waals surface area contributed by atoms with Gasteiger partial charge in [0.25, 0.3) is 0 Å². The quantitative estimate of drug-likeness (QED) is 0.748. The SMILES string of the molecule is NC(C=O)c1cc(Cl)c(O)c(Cl)c1. The van der Waals surface area contributed by atoms with Crippen LogP contribution in [0.3, 0.4) is 0 Å². The molecule has 1 rings (SSSR count). The Kier molecular flexibility index (Phi) is 3.14. The molecule has 3 N–H and O–H groups in total. The van der Waals surface area contributed by atoms with Gasteiger partial charge in [-0.25, -0.2) is 0 Å². The summed E-state index contributed by atoms with van der Waals surface area (Å²) >= 11 is 11.2. The van der Waals surface area contributed by atoms with Gasteiger partial charge in [-0.15, -0.1) is 0 Å². The first-order valence-electron chi connectivity index (χ1n) is 3.45. The van der Waals surface area contributed by atoms with Crippen LogP contribution in [-0.4, -0.2) is 11.4 Å². The molecule has 1 aromatic rings. The van der Waals surface area contributed by atoms with Crippen molar-refractivity contribution in [2.24, 2.45) is 5.73 Å². The minimum Gasteiger partial charge on any atom is -0.505 e. The van der Waals surface area contributed by atoms with Gasteiger partial charge in [-0.2, -0.15) is 0 Å². The van der Waals surface area contributed by atoms with Crippen LogP contribution in [0, 0.1) is 0 Å². The third-order valence-corrected chi connectivity index (χ3v) is 2.15. The topological polar surface area (TPSA) is 63.3 Å². The first kappa shape index (κ1) is 10.3. The fourth-order valence-corrected chi connectivity index (χ4v) is 1.36. The minimum atomic E-state index is -0.768. The summed E-state index contributed by atoms with van der Waals surface area (Å²) in [4.78, 5) is 10.3. The van der Waals surface area contributed by atoms with Gasteiger partial charge < -0.3 is 15.6 Å². The van der Waals surface area contributed by atoms with Gasteiger partial charge in [0, 0.05) is 0 Å². The highest BCUT2D eigenvalue weighted by molar-refractivity contribution is 6.37. The van der Waals surface area contributed by atoms with Crippen molar-refractivity contribution in [2.75, 3.05) is 0 Å². The van der Waals surface area contributed by atoms with Crippen molar-refractivity contribution < 1.29 is 9.90 Å². The zero-order valence-electron chi connectivity index (χ0n) is 6.50. The summed E-state index contributed by atoms with van der Waals surface area (Å²) < 4.78 is 0. The second-order valence-electron chi connectivity index (χ2n) is 2.50. The number of rotatable bonds is 2. The van der Waals surface area contributed by atoms with Crippen molar-refractivity contribution in [3.05, 3.63) is 27.7 Å². The van der Waals surface area contributed by atoms with Gasteiger partial charge >= 0.3 is 0 Å². The molecule has 0 radical (unpaired) electrons. The Labute approximate surface area is 85.1 Å². The highest BCUT2D eigenvalue weighted by Gasteiger charge is 2.10. The van der Waals surface area contributed by atoms with E-state index in [1.807, 2.05) is 0 Å². The number of phenols is 1. The first-order valence-corrected chi connectivity index (χ1v) is 4.20. The molecule has 0 spiro atoms. The molecule has 0 bridgehead atoms. The number of carbonyl (C=O) groups is 1. The van der Waals surface area contributed by atoms with Crippen molar-refractivity contribution in [3.63, 3.8) is 0 Å². The lowest BCUT2D eigenvalue weighted by Gasteiger charge is -2.07. The van der Waals surface area contributed by atoms with Gasteiger partial charge in [0.1, 0.15) is 6.29 Å². The molecule has 0 amide bonds. The summed E-state index contributed by atoms with van der Waals surface area (Å²) in [6.07, 6.45) is 0.568. The number of aldehydes is 1. The Balaban J connectivity index is 3.20. The fourth-order valence-electron chi connectivity index (χ4n) is 0.856. The molecule has 1 unspecified atom stereocenters. The average molecular weight is 220 g/mol. The number of carbonyl (C=O) groups excluding carboxylic acids is 1. The van der Waals surface area contributed by atoms with Crippen LogP contribution in [0.2, 0.25) is 10.0 Å². The maximum absolute atomic E-state index is 10.3. The van der Waals surface area contributed by atoms with Gasteiger partial charge in [0.2, 0.25) is 0 Å². The van der Waals surface area contributed by atoms with E-state index in [-0.39, 0.29) is 15.8 Å². The minimum absolute atomic E-state index is 0.0831. The smallest absolute Gasteiger partial charge is 0.152 e. The number of aromatic hydroxyl groups is 1. The van der Waals surface area contributed by atoms with Crippen LogP contribution in [0.5, 0.6) is 5.75 Å². The molecule has 5 heteroatoms. The van der Waals surface area contributed by atoms with Crippen LogP contribution in [0.15, 0.2) is 12.1 Å². The molecule has 1 atom stereocenters. The van der Waals surface area contributed by atoms with Crippen molar-refractivity contribution in [2.45, 2.75) is 6.04 Å². The number of halogens is 2. The molecule has 0 heterocycles. The maximum atomic E-state index is 10.3. The van der Waals surface area contributed by atoms with E-state index in [9.17, 15) is 9.90 Å². The van der Waals surface area contributed by atoms with Gasteiger partial charge in [-0.05, 0) is 17.7 Å². The van der Waals surface area contributed by atoms with Crippen LogP contribution < -0.4 is 5.73 Å². The van der Waals surface area contributed by atoms with Crippen molar-refractivity contribution in [1.82, 2.24) is 0 Å². The Morgan fingerprint density at radius 1 is 1.38 bits per heavy atom. The number of phenolic OH excluding ortho intramolecular Hbond substituents is 1. The highest BCUT2D eigenvalue weighted by atomic mass is 35.5. The Hall–Kier alpha value is -0.770. The molecule has 0 aliphatic heterocycles. The lowest BCUT2D eigenvalue weighted by molar-refractivity contribution is -0.109. The maximum Gasteiger partial charge on any atom is 0.152 e.